The van der Waals surface area contributed by atoms with Crippen molar-refractivity contribution in [2.75, 3.05) is 14.2 Å². The van der Waals surface area contributed by atoms with E-state index in [0.717, 1.165) is 19.3 Å². The minimum atomic E-state index is -0.994. The number of carbonyl (C=O) groups is 3. The van der Waals surface area contributed by atoms with Crippen molar-refractivity contribution in [3.05, 3.63) is 41.5 Å². The molecule has 1 fully saturated rings. The Balaban J connectivity index is 1.95. The molecule has 7 nitrogen and oxygen atoms in total. The fourth-order valence-corrected chi connectivity index (χ4v) is 3.42. The van der Waals surface area contributed by atoms with Gasteiger partial charge >= 0.3 is 11.9 Å². The van der Waals surface area contributed by atoms with Gasteiger partial charge in [0.25, 0.3) is 5.91 Å². The van der Waals surface area contributed by atoms with E-state index in [1.54, 1.807) is 31.3 Å². The molecule has 0 aromatic heterocycles. The summed E-state index contributed by atoms with van der Waals surface area (Å²) < 4.78 is 9.85. The van der Waals surface area contributed by atoms with Crippen LogP contribution < -0.4 is 0 Å². The van der Waals surface area contributed by atoms with Crippen LogP contribution in [-0.4, -0.2) is 48.5 Å². The van der Waals surface area contributed by atoms with Gasteiger partial charge in [-0.15, -0.1) is 0 Å². The molecule has 0 unspecified atom stereocenters. The Morgan fingerprint density at radius 3 is 2.34 bits per heavy atom. The molecule has 0 radical (unpaired) electrons. The number of hydrogen-bond donors (Lipinski definition) is 0. The molecule has 0 saturated heterocycles. The van der Waals surface area contributed by atoms with Crippen molar-refractivity contribution in [1.82, 2.24) is 4.90 Å². The summed E-state index contributed by atoms with van der Waals surface area (Å²) in [5.41, 5.74) is 0.271. The smallest absolute Gasteiger partial charge is 0.337 e. The number of amides is 1. The van der Waals surface area contributed by atoms with Crippen LogP contribution in [0.5, 0.6) is 0 Å². The van der Waals surface area contributed by atoms with Crippen LogP contribution in [0, 0.1) is 11.3 Å². The molecule has 0 bridgehead atoms. The van der Waals surface area contributed by atoms with Crippen molar-refractivity contribution in [1.29, 1.82) is 5.26 Å². The molecule has 0 N–H and O–H groups in total. The average Bonchev–Trinajstić information content (AvgIpc) is 2.76. The van der Waals surface area contributed by atoms with E-state index in [0.29, 0.717) is 24.0 Å². The molecule has 2 rings (SSSR count). The summed E-state index contributed by atoms with van der Waals surface area (Å²) in [5.74, 6) is -1.49. The lowest BCUT2D eigenvalue weighted by Gasteiger charge is -2.39. The first kappa shape index (κ1) is 22.2. The second-order valence-corrected chi connectivity index (χ2v) is 7.13. The molecule has 1 aliphatic carbocycles. The first-order valence-corrected chi connectivity index (χ1v) is 9.59. The highest BCUT2D eigenvalue weighted by atomic mass is 16.5. The molecule has 1 aromatic rings. The van der Waals surface area contributed by atoms with E-state index in [4.69, 9.17) is 4.74 Å². The number of hydrogen-bond acceptors (Lipinski definition) is 6. The molecule has 0 aliphatic heterocycles. The van der Waals surface area contributed by atoms with E-state index in [1.807, 2.05) is 0 Å². The number of rotatable bonds is 6. The van der Waals surface area contributed by atoms with E-state index in [2.05, 4.69) is 10.8 Å². The van der Waals surface area contributed by atoms with Gasteiger partial charge in [-0.05, 0) is 43.5 Å². The summed E-state index contributed by atoms with van der Waals surface area (Å²) in [6.07, 6.45) is 5.88. The van der Waals surface area contributed by atoms with Gasteiger partial charge in [0.1, 0.15) is 5.54 Å². The van der Waals surface area contributed by atoms with Crippen molar-refractivity contribution < 1.29 is 23.9 Å². The molecular weight excluding hydrogens is 372 g/mol. The van der Waals surface area contributed by atoms with Gasteiger partial charge in [0.15, 0.2) is 6.10 Å². The number of benzene rings is 1. The first-order valence-electron chi connectivity index (χ1n) is 9.59. The lowest BCUT2D eigenvalue weighted by Crippen LogP contribution is -2.53. The van der Waals surface area contributed by atoms with Crippen LogP contribution >= 0.6 is 0 Å². The fourth-order valence-electron chi connectivity index (χ4n) is 3.42. The summed E-state index contributed by atoms with van der Waals surface area (Å²) in [6, 6.07) is 8.79. The molecule has 1 aromatic carbocycles. The molecular formula is C22H26N2O5. The summed E-state index contributed by atoms with van der Waals surface area (Å²) in [6.45, 7) is 1.50. The first-order chi connectivity index (χ1) is 13.8. The summed E-state index contributed by atoms with van der Waals surface area (Å²) in [7, 11) is 2.90. The Morgan fingerprint density at radius 1 is 1.17 bits per heavy atom. The van der Waals surface area contributed by atoms with Gasteiger partial charge < -0.3 is 14.4 Å². The Labute approximate surface area is 170 Å². The number of nitrogens with zero attached hydrogens (tertiary/aromatic N) is 2. The fraction of sp³-hybridized carbons (Fsp3) is 0.455. The van der Waals surface area contributed by atoms with Crippen molar-refractivity contribution in [2.45, 2.75) is 50.7 Å². The van der Waals surface area contributed by atoms with Crippen LogP contribution in [0.3, 0.4) is 0 Å². The largest absolute Gasteiger partial charge is 0.465 e. The lowest BCUT2D eigenvalue weighted by molar-refractivity contribution is -0.157. The number of carbonyl (C=O) groups excluding carboxylic acids is 3. The van der Waals surface area contributed by atoms with Crippen LogP contribution in [0.2, 0.25) is 0 Å². The molecule has 1 atom stereocenters. The number of esters is 2. The van der Waals surface area contributed by atoms with Crippen LogP contribution in [0.4, 0.5) is 0 Å². The minimum absolute atomic E-state index is 0.391. The minimum Gasteiger partial charge on any atom is -0.465 e. The number of methoxy groups -OCH3 is 1. The highest BCUT2D eigenvalue weighted by molar-refractivity contribution is 5.91. The predicted molar refractivity (Wildman–Crippen MR) is 107 cm³/mol. The molecule has 1 aliphatic rings. The average molecular weight is 398 g/mol. The number of ether oxygens (including phenoxy) is 2. The van der Waals surface area contributed by atoms with Crippen LogP contribution in [-0.2, 0) is 19.1 Å². The maximum atomic E-state index is 12.7. The lowest BCUT2D eigenvalue weighted by atomic mass is 9.81. The van der Waals surface area contributed by atoms with E-state index in [-0.39, 0.29) is 0 Å². The topological polar surface area (TPSA) is 96.7 Å². The standard InChI is InChI=1S/C22H26N2O5/c1-16(20(26)24(2)22(15-23)13-5-4-6-14-22)29-19(25)12-9-17-7-10-18(11-8-17)21(27)28-3/h7-12,16H,4-6,13-14H2,1-3H3/b12-9+/t16-/m0/s1. The van der Waals surface area contributed by atoms with Crippen LogP contribution in [0.1, 0.15) is 54.9 Å². The third kappa shape index (κ3) is 5.44. The molecule has 1 saturated carbocycles. The highest BCUT2D eigenvalue weighted by Gasteiger charge is 2.40. The van der Waals surface area contributed by atoms with Crippen molar-refractivity contribution in [3.8, 4) is 6.07 Å². The Hall–Kier alpha value is -3.14. The van der Waals surface area contributed by atoms with Crippen molar-refractivity contribution in [2.24, 2.45) is 0 Å². The second-order valence-electron chi connectivity index (χ2n) is 7.13. The summed E-state index contributed by atoms with van der Waals surface area (Å²) in [5, 5.41) is 9.61. The van der Waals surface area contributed by atoms with Crippen molar-refractivity contribution >= 4 is 23.9 Å². The van der Waals surface area contributed by atoms with E-state index < -0.39 is 29.5 Å². The van der Waals surface area contributed by atoms with Crippen LogP contribution in [0.25, 0.3) is 6.08 Å². The number of likely N-dealkylation sites (N-methyl/N-ethyl adjacent to an activating group) is 1. The van der Waals surface area contributed by atoms with E-state index in [9.17, 15) is 19.6 Å². The van der Waals surface area contributed by atoms with E-state index >= 15 is 0 Å². The third-order valence-electron chi connectivity index (χ3n) is 5.25. The normalized spacial score (nSPS) is 16.5. The van der Waals surface area contributed by atoms with Gasteiger partial charge in [0.05, 0.1) is 18.7 Å². The highest BCUT2D eigenvalue weighted by Crippen LogP contribution is 2.32. The quantitative estimate of drug-likeness (QED) is 0.540. The van der Waals surface area contributed by atoms with Gasteiger partial charge in [-0.2, -0.15) is 5.26 Å². The van der Waals surface area contributed by atoms with Gasteiger partial charge in [0.2, 0.25) is 0 Å². The molecule has 0 spiro atoms. The third-order valence-corrected chi connectivity index (χ3v) is 5.25. The second kappa shape index (κ2) is 9.87. The summed E-state index contributed by atoms with van der Waals surface area (Å²) >= 11 is 0. The van der Waals surface area contributed by atoms with E-state index in [1.165, 1.54) is 31.1 Å². The molecule has 7 heteroatoms. The van der Waals surface area contributed by atoms with Gasteiger partial charge in [-0.25, -0.2) is 9.59 Å². The maximum absolute atomic E-state index is 12.7. The zero-order valence-electron chi connectivity index (χ0n) is 17.0. The SMILES string of the molecule is COC(=O)c1ccc(/C=C/C(=O)O[C@@H](C)C(=O)N(C)C2(C#N)CCCCC2)cc1. The number of nitriles is 1. The maximum Gasteiger partial charge on any atom is 0.337 e. The van der Waals surface area contributed by atoms with Gasteiger partial charge in [-0.1, -0.05) is 31.4 Å². The Bertz CT molecular complexity index is 817. The Morgan fingerprint density at radius 2 is 1.79 bits per heavy atom. The Kier molecular flexibility index (Phi) is 7.54. The molecule has 154 valence electrons. The zero-order valence-corrected chi connectivity index (χ0v) is 17.0. The molecule has 1 amide bonds. The van der Waals surface area contributed by atoms with Crippen molar-refractivity contribution in [3.63, 3.8) is 0 Å². The molecule has 29 heavy (non-hydrogen) atoms. The predicted octanol–water partition coefficient (Wildman–Crippen LogP) is 3.10. The van der Waals surface area contributed by atoms with Gasteiger partial charge in [0, 0.05) is 13.1 Å². The van der Waals surface area contributed by atoms with Crippen LogP contribution in [0.15, 0.2) is 30.3 Å². The van der Waals surface area contributed by atoms with Gasteiger partial charge in [-0.3, -0.25) is 4.79 Å². The molecule has 0 heterocycles. The monoisotopic (exact) mass is 398 g/mol. The zero-order chi connectivity index (χ0) is 21.4. The summed E-state index contributed by atoms with van der Waals surface area (Å²) in [4.78, 5) is 37.6.